The highest BCUT2D eigenvalue weighted by molar-refractivity contribution is 5.95. The molecule has 0 radical (unpaired) electrons. The molecule has 0 aromatic heterocycles. The zero-order chi connectivity index (χ0) is 19.2. The number of nitrogens with zero attached hydrogens (tertiary/aromatic N) is 1. The van der Waals surface area contributed by atoms with E-state index in [-0.39, 0.29) is 13.4 Å². The van der Waals surface area contributed by atoms with Crippen LogP contribution in [0.3, 0.4) is 0 Å². The summed E-state index contributed by atoms with van der Waals surface area (Å²) in [5, 5.41) is 3.92. The van der Waals surface area contributed by atoms with Gasteiger partial charge in [-0.3, -0.25) is 9.59 Å². The van der Waals surface area contributed by atoms with Crippen molar-refractivity contribution in [2.75, 3.05) is 20.5 Å². The number of fused-ring (bicyclic) bond motifs is 1. The van der Waals surface area contributed by atoms with E-state index in [0.29, 0.717) is 34.1 Å². The average Bonchev–Trinajstić information content (AvgIpc) is 3.14. The second-order valence-corrected chi connectivity index (χ2v) is 5.43. The minimum Gasteiger partial charge on any atom is -0.493 e. The maximum Gasteiger partial charge on any atom is 0.271 e. The lowest BCUT2D eigenvalue weighted by molar-refractivity contribution is -0.119. The number of amides is 2. The number of carbonyl (C=O) groups excluding carboxylic acids is 2. The van der Waals surface area contributed by atoms with E-state index in [9.17, 15) is 9.59 Å². The number of hydrogen-bond acceptors (Lipinski definition) is 7. The number of rotatable bonds is 7. The summed E-state index contributed by atoms with van der Waals surface area (Å²) >= 11 is 0. The van der Waals surface area contributed by atoms with Crippen LogP contribution in [0.5, 0.6) is 23.0 Å². The van der Waals surface area contributed by atoms with Gasteiger partial charge in [0, 0.05) is 5.56 Å². The van der Waals surface area contributed by atoms with Crippen molar-refractivity contribution in [2.24, 2.45) is 10.8 Å². The molecule has 9 heteroatoms. The minimum atomic E-state index is -0.589. The Bertz CT molecular complexity index is 897. The molecule has 2 aromatic carbocycles. The van der Waals surface area contributed by atoms with Gasteiger partial charge < -0.3 is 24.7 Å². The fourth-order valence-corrected chi connectivity index (χ4v) is 2.30. The minimum absolute atomic E-state index is 0.138. The first-order chi connectivity index (χ1) is 13.1. The molecule has 9 nitrogen and oxygen atoms in total. The molecule has 0 unspecified atom stereocenters. The summed E-state index contributed by atoms with van der Waals surface area (Å²) in [6, 6.07) is 9.81. The van der Waals surface area contributed by atoms with E-state index in [0.717, 1.165) is 0 Å². The Morgan fingerprint density at radius 1 is 1.19 bits per heavy atom. The van der Waals surface area contributed by atoms with E-state index in [1.807, 2.05) is 0 Å². The first-order valence-electron chi connectivity index (χ1n) is 7.89. The maximum absolute atomic E-state index is 12.2. The standard InChI is InChI=1S/C18H17N3O6/c1-24-15-6-11(2-4-13(15)25-9-17(19)22)8-20-21-18(23)12-3-5-14-16(7-12)27-10-26-14/h2-8H,9-10H2,1H3,(H2,19,22)(H,21,23)/b20-8+. The van der Waals surface area contributed by atoms with Crippen molar-refractivity contribution in [1.82, 2.24) is 5.43 Å². The summed E-state index contributed by atoms with van der Waals surface area (Å²) in [6.45, 7) is -0.116. The molecule has 140 valence electrons. The normalized spacial score (nSPS) is 12.0. The SMILES string of the molecule is COc1cc(/C=N/NC(=O)c2ccc3c(c2)OCO3)ccc1OCC(N)=O. The molecule has 0 saturated carbocycles. The molecule has 1 aliphatic heterocycles. The van der Waals surface area contributed by atoms with Crippen LogP contribution in [0.2, 0.25) is 0 Å². The molecule has 0 bridgehead atoms. The van der Waals surface area contributed by atoms with Gasteiger partial charge in [0.05, 0.1) is 13.3 Å². The monoisotopic (exact) mass is 371 g/mol. The summed E-state index contributed by atoms with van der Waals surface area (Å²) in [7, 11) is 1.47. The second kappa shape index (κ2) is 8.09. The van der Waals surface area contributed by atoms with Crippen LogP contribution in [0.4, 0.5) is 0 Å². The van der Waals surface area contributed by atoms with Gasteiger partial charge in [0.15, 0.2) is 29.6 Å². The Labute approximate surface area is 154 Å². The van der Waals surface area contributed by atoms with Crippen LogP contribution in [-0.4, -0.2) is 38.5 Å². The molecule has 3 N–H and O–H groups in total. The zero-order valence-corrected chi connectivity index (χ0v) is 14.4. The molecule has 0 aliphatic carbocycles. The lowest BCUT2D eigenvalue weighted by atomic mass is 10.2. The van der Waals surface area contributed by atoms with Gasteiger partial charge in [-0.2, -0.15) is 5.10 Å². The molecule has 2 aromatic rings. The third-order valence-corrected chi connectivity index (χ3v) is 3.57. The largest absolute Gasteiger partial charge is 0.493 e. The van der Waals surface area contributed by atoms with Crippen LogP contribution in [0, 0.1) is 0 Å². The average molecular weight is 371 g/mol. The zero-order valence-electron chi connectivity index (χ0n) is 14.4. The molecule has 0 spiro atoms. The van der Waals surface area contributed by atoms with Gasteiger partial charge in [-0.1, -0.05) is 0 Å². The highest BCUT2D eigenvalue weighted by Crippen LogP contribution is 2.32. The Kier molecular flexibility index (Phi) is 5.41. The van der Waals surface area contributed by atoms with Crippen molar-refractivity contribution in [3.05, 3.63) is 47.5 Å². The van der Waals surface area contributed by atoms with E-state index < -0.39 is 11.8 Å². The fourth-order valence-electron chi connectivity index (χ4n) is 2.30. The van der Waals surface area contributed by atoms with E-state index >= 15 is 0 Å². The number of benzene rings is 2. The molecule has 3 rings (SSSR count). The molecular weight excluding hydrogens is 354 g/mol. The first-order valence-corrected chi connectivity index (χ1v) is 7.89. The predicted octanol–water partition coefficient (Wildman–Crippen LogP) is 1.05. The Morgan fingerprint density at radius 3 is 2.78 bits per heavy atom. The summed E-state index contributed by atoms with van der Waals surface area (Å²) in [5.74, 6) is 0.913. The van der Waals surface area contributed by atoms with Crippen molar-refractivity contribution < 1.29 is 28.5 Å². The number of hydrogen-bond donors (Lipinski definition) is 2. The molecule has 0 fully saturated rings. The number of methoxy groups -OCH3 is 1. The van der Waals surface area contributed by atoms with Gasteiger partial charge in [-0.05, 0) is 42.0 Å². The Morgan fingerprint density at radius 2 is 2.00 bits per heavy atom. The van der Waals surface area contributed by atoms with Crippen molar-refractivity contribution in [3.8, 4) is 23.0 Å². The van der Waals surface area contributed by atoms with Crippen molar-refractivity contribution >= 4 is 18.0 Å². The first kappa shape index (κ1) is 18.1. The van der Waals surface area contributed by atoms with Gasteiger partial charge in [0.1, 0.15) is 0 Å². The van der Waals surface area contributed by atoms with Crippen LogP contribution in [0.25, 0.3) is 0 Å². The van der Waals surface area contributed by atoms with Gasteiger partial charge in [-0.15, -0.1) is 0 Å². The molecule has 0 atom stereocenters. The van der Waals surface area contributed by atoms with Crippen molar-refractivity contribution in [1.29, 1.82) is 0 Å². The second-order valence-electron chi connectivity index (χ2n) is 5.43. The summed E-state index contributed by atoms with van der Waals surface area (Å²) in [6.07, 6.45) is 1.45. The van der Waals surface area contributed by atoms with Gasteiger partial charge in [0.25, 0.3) is 11.8 Å². The van der Waals surface area contributed by atoms with E-state index in [1.165, 1.54) is 13.3 Å². The molecule has 1 heterocycles. The third kappa shape index (κ3) is 4.46. The van der Waals surface area contributed by atoms with E-state index in [4.69, 9.17) is 24.7 Å². The number of nitrogens with two attached hydrogens (primary N) is 1. The highest BCUT2D eigenvalue weighted by atomic mass is 16.7. The number of ether oxygens (including phenoxy) is 4. The Hall–Kier alpha value is -3.75. The number of primary amides is 1. The van der Waals surface area contributed by atoms with E-state index in [2.05, 4.69) is 10.5 Å². The number of hydrazone groups is 1. The van der Waals surface area contributed by atoms with Crippen LogP contribution >= 0.6 is 0 Å². The predicted molar refractivity (Wildman–Crippen MR) is 95.3 cm³/mol. The van der Waals surface area contributed by atoms with Crippen LogP contribution in [0.1, 0.15) is 15.9 Å². The smallest absolute Gasteiger partial charge is 0.271 e. The topological polar surface area (TPSA) is 121 Å². The summed E-state index contributed by atoms with van der Waals surface area (Å²) in [4.78, 5) is 23.0. The highest BCUT2D eigenvalue weighted by Gasteiger charge is 2.15. The van der Waals surface area contributed by atoms with Gasteiger partial charge in [-0.25, -0.2) is 5.43 Å². The van der Waals surface area contributed by atoms with Crippen LogP contribution in [0.15, 0.2) is 41.5 Å². The molecule has 2 amide bonds. The third-order valence-electron chi connectivity index (χ3n) is 3.57. The number of carbonyl (C=O) groups is 2. The van der Waals surface area contributed by atoms with Crippen molar-refractivity contribution in [3.63, 3.8) is 0 Å². The van der Waals surface area contributed by atoms with Gasteiger partial charge in [0.2, 0.25) is 6.79 Å². The maximum atomic E-state index is 12.2. The lowest BCUT2D eigenvalue weighted by Gasteiger charge is -2.09. The van der Waals surface area contributed by atoms with Gasteiger partial charge >= 0.3 is 0 Å². The summed E-state index contributed by atoms with van der Waals surface area (Å²) < 4.78 is 20.9. The fraction of sp³-hybridized carbons (Fsp3) is 0.167. The molecular formula is C18H17N3O6. The Balaban J connectivity index is 1.63. The molecule has 0 saturated heterocycles. The van der Waals surface area contributed by atoms with E-state index in [1.54, 1.807) is 36.4 Å². The molecule has 1 aliphatic rings. The summed E-state index contributed by atoms with van der Waals surface area (Å²) in [5.41, 5.74) is 8.53. The van der Waals surface area contributed by atoms with Crippen LogP contribution in [-0.2, 0) is 4.79 Å². The molecule has 27 heavy (non-hydrogen) atoms. The number of nitrogens with one attached hydrogen (secondary N) is 1. The lowest BCUT2D eigenvalue weighted by Crippen LogP contribution is -2.20. The van der Waals surface area contributed by atoms with Crippen molar-refractivity contribution in [2.45, 2.75) is 0 Å². The van der Waals surface area contributed by atoms with Crippen LogP contribution < -0.4 is 30.1 Å². The quantitative estimate of drug-likeness (QED) is 0.554.